The Morgan fingerprint density at radius 3 is 2.28 bits per heavy atom. The first-order valence-corrected chi connectivity index (χ1v) is 8.74. The van der Waals surface area contributed by atoms with Gasteiger partial charge in [-0.3, -0.25) is 9.59 Å². The third-order valence-electron chi connectivity index (χ3n) is 4.30. The fourth-order valence-corrected chi connectivity index (χ4v) is 3.03. The third kappa shape index (κ3) is 5.56. The molecule has 0 spiro atoms. The van der Waals surface area contributed by atoms with Crippen molar-refractivity contribution in [1.29, 1.82) is 0 Å². The Balaban J connectivity index is 2.15. The summed E-state index contributed by atoms with van der Waals surface area (Å²) in [7, 11) is 0. The maximum atomic E-state index is 12.8. The molecule has 0 fully saturated rings. The van der Waals surface area contributed by atoms with Crippen LogP contribution in [0.15, 0.2) is 48.5 Å². The van der Waals surface area contributed by atoms with Gasteiger partial charge in [0.05, 0.1) is 5.92 Å². The minimum absolute atomic E-state index is 0.0419. The molecule has 3 heteroatoms. The number of phenolic OH excluding ortho intramolecular Hbond substituents is 1. The van der Waals surface area contributed by atoms with E-state index in [1.165, 1.54) is 0 Å². The van der Waals surface area contributed by atoms with Crippen LogP contribution in [0.25, 0.3) is 0 Å². The lowest BCUT2D eigenvalue weighted by molar-refractivity contribution is -0.132. The summed E-state index contributed by atoms with van der Waals surface area (Å²) in [6, 6.07) is 14.6. The zero-order valence-corrected chi connectivity index (χ0v) is 15.2. The van der Waals surface area contributed by atoms with Gasteiger partial charge in [0.2, 0.25) is 0 Å². The standard InChI is InChI=1S/C22H26O3/c1-15(2)11-19(21(24)13-17-8-6-7-16(3)12-17)22(25)14-18-9-4-5-10-20(18)23/h4-10,12,15,19,23H,11,13-14H2,1-3H3. The lowest BCUT2D eigenvalue weighted by Gasteiger charge is -2.17. The summed E-state index contributed by atoms with van der Waals surface area (Å²) in [5.74, 6) is -0.433. The molecule has 0 aromatic heterocycles. The van der Waals surface area contributed by atoms with Crippen molar-refractivity contribution in [3.8, 4) is 5.75 Å². The highest BCUT2D eigenvalue weighted by Gasteiger charge is 2.27. The Labute approximate surface area is 149 Å². The van der Waals surface area contributed by atoms with Gasteiger partial charge in [-0.05, 0) is 30.9 Å². The maximum Gasteiger partial charge on any atom is 0.147 e. The Hall–Kier alpha value is -2.42. The van der Waals surface area contributed by atoms with E-state index >= 15 is 0 Å². The summed E-state index contributed by atoms with van der Waals surface area (Å²) in [5, 5.41) is 9.89. The quantitative estimate of drug-likeness (QED) is 0.731. The Kier molecular flexibility index (Phi) is 6.51. The average molecular weight is 338 g/mol. The van der Waals surface area contributed by atoms with Gasteiger partial charge in [-0.15, -0.1) is 0 Å². The number of Topliss-reactive ketones (excluding diaryl/α,β-unsaturated/α-hetero) is 2. The normalized spacial score (nSPS) is 12.2. The molecule has 0 radical (unpaired) electrons. The Morgan fingerprint density at radius 2 is 1.64 bits per heavy atom. The van der Waals surface area contributed by atoms with Crippen molar-refractivity contribution in [3.05, 3.63) is 65.2 Å². The van der Waals surface area contributed by atoms with E-state index in [1.807, 2.05) is 45.0 Å². The van der Waals surface area contributed by atoms with Crippen LogP contribution in [-0.4, -0.2) is 16.7 Å². The van der Waals surface area contributed by atoms with Gasteiger partial charge in [-0.2, -0.15) is 0 Å². The second-order valence-electron chi connectivity index (χ2n) is 7.09. The molecule has 0 amide bonds. The summed E-state index contributed by atoms with van der Waals surface area (Å²) in [4.78, 5) is 25.6. The molecule has 25 heavy (non-hydrogen) atoms. The summed E-state index contributed by atoms with van der Waals surface area (Å²) < 4.78 is 0. The molecule has 0 saturated carbocycles. The van der Waals surface area contributed by atoms with Crippen LogP contribution in [-0.2, 0) is 22.4 Å². The zero-order valence-electron chi connectivity index (χ0n) is 15.2. The molecule has 0 aliphatic carbocycles. The van der Waals surface area contributed by atoms with Crippen molar-refractivity contribution < 1.29 is 14.7 Å². The van der Waals surface area contributed by atoms with Crippen LogP contribution < -0.4 is 0 Å². The van der Waals surface area contributed by atoms with Crippen LogP contribution >= 0.6 is 0 Å². The fourth-order valence-electron chi connectivity index (χ4n) is 3.03. The van der Waals surface area contributed by atoms with E-state index in [9.17, 15) is 14.7 Å². The van der Waals surface area contributed by atoms with E-state index in [2.05, 4.69) is 0 Å². The first kappa shape index (κ1) is 18.9. The van der Waals surface area contributed by atoms with Crippen molar-refractivity contribution in [1.82, 2.24) is 0 Å². The number of aromatic hydroxyl groups is 1. The van der Waals surface area contributed by atoms with Gasteiger partial charge in [0.1, 0.15) is 17.3 Å². The second-order valence-corrected chi connectivity index (χ2v) is 7.09. The third-order valence-corrected chi connectivity index (χ3v) is 4.30. The van der Waals surface area contributed by atoms with E-state index in [1.54, 1.807) is 24.3 Å². The zero-order chi connectivity index (χ0) is 18.4. The number of aryl methyl sites for hydroxylation is 1. The van der Waals surface area contributed by atoms with Crippen LogP contribution in [0.4, 0.5) is 0 Å². The molecule has 0 aliphatic heterocycles. The van der Waals surface area contributed by atoms with Gasteiger partial charge in [0.15, 0.2) is 0 Å². The topological polar surface area (TPSA) is 54.4 Å². The van der Waals surface area contributed by atoms with E-state index in [0.717, 1.165) is 11.1 Å². The molecule has 0 heterocycles. The van der Waals surface area contributed by atoms with Gasteiger partial charge in [-0.1, -0.05) is 61.9 Å². The molecule has 1 atom stereocenters. The van der Waals surface area contributed by atoms with Gasteiger partial charge >= 0.3 is 0 Å². The molecule has 2 aromatic rings. The predicted molar refractivity (Wildman–Crippen MR) is 99.7 cm³/mol. The minimum atomic E-state index is -0.625. The molecule has 0 aliphatic rings. The van der Waals surface area contributed by atoms with Crippen LogP contribution in [0.1, 0.15) is 37.0 Å². The highest BCUT2D eigenvalue weighted by Crippen LogP contribution is 2.22. The van der Waals surface area contributed by atoms with Gasteiger partial charge in [-0.25, -0.2) is 0 Å². The van der Waals surface area contributed by atoms with Crippen LogP contribution in [0.5, 0.6) is 5.75 Å². The molecule has 3 nitrogen and oxygen atoms in total. The monoisotopic (exact) mass is 338 g/mol. The molecular formula is C22H26O3. The molecule has 1 unspecified atom stereocenters. The van der Waals surface area contributed by atoms with Gasteiger partial charge in [0.25, 0.3) is 0 Å². The summed E-state index contributed by atoms with van der Waals surface area (Å²) in [6.45, 7) is 6.02. The molecule has 0 saturated heterocycles. The smallest absolute Gasteiger partial charge is 0.147 e. The van der Waals surface area contributed by atoms with Crippen molar-refractivity contribution in [2.75, 3.05) is 0 Å². The number of phenols is 1. The summed E-state index contributed by atoms with van der Waals surface area (Å²) in [6.07, 6.45) is 0.895. The van der Waals surface area contributed by atoms with E-state index in [-0.39, 0.29) is 36.1 Å². The van der Waals surface area contributed by atoms with E-state index in [0.29, 0.717) is 12.0 Å². The Bertz CT molecular complexity index is 746. The predicted octanol–water partition coefficient (Wildman–Crippen LogP) is 4.29. The minimum Gasteiger partial charge on any atom is -0.508 e. The first-order valence-electron chi connectivity index (χ1n) is 8.74. The molecular weight excluding hydrogens is 312 g/mol. The summed E-state index contributed by atoms with van der Waals surface area (Å²) in [5.41, 5.74) is 2.62. The van der Waals surface area contributed by atoms with Crippen molar-refractivity contribution in [2.45, 2.75) is 40.0 Å². The largest absolute Gasteiger partial charge is 0.508 e. The number of rotatable bonds is 8. The lowest BCUT2D eigenvalue weighted by atomic mass is 9.84. The fraction of sp³-hybridized carbons (Fsp3) is 0.364. The number of hydrogen-bond acceptors (Lipinski definition) is 3. The Morgan fingerprint density at radius 1 is 0.960 bits per heavy atom. The van der Waals surface area contributed by atoms with E-state index in [4.69, 9.17) is 0 Å². The van der Waals surface area contributed by atoms with Crippen molar-refractivity contribution in [3.63, 3.8) is 0 Å². The van der Waals surface area contributed by atoms with Crippen molar-refractivity contribution >= 4 is 11.6 Å². The number of para-hydroxylation sites is 1. The lowest BCUT2D eigenvalue weighted by Crippen LogP contribution is -2.28. The molecule has 2 aromatic carbocycles. The van der Waals surface area contributed by atoms with Gasteiger partial charge < -0.3 is 5.11 Å². The highest BCUT2D eigenvalue weighted by molar-refractivity contribution is 6.04. The molecule has 1 N–H and O–H groups in total. The molecule has 132 valence electrons. The van der Waals surface area contributed by atoms with Crippen LogP contribution in [0.2, 0.25) is 0 Å². The number of ketones is 2. The number of benzene rings is 2. The number of carbonyl (C=O) groups is 2. The SMILES string of the molecule is Cc1cccc(CC(=O)C(CC(C)C)C(=O)Cc2ccccc2O)c1. The van der Waals surface area contributed by atoms with Gasteiger partial charge in [0, 0.05) is 18.4 Å². The maximum absolute atomic E-state index is 12.8. The first-order chi connectivity index (χ1) is 11.9. The van der Waals surface area contributed by atoms with Crippen LogP contribution in [0.3, 0.4) is 0 Å². The highest BCUT2D eigenvalue weighted by atomic mass is 16.3. The number of carbonyl (C=O) groups excluding carboxylic acids is 2. The molecule has 2 rings (SSSR count). The van der Waals surface area contributed by atoms with Crippen LogP contribution in [0, 0.1) is 18.8 Å². The summed E-state index contributed by atoms with van der Waals surface area (Å²) >= 11 is 0. The van der Waals surface area contributed by atoms with Crippen molar-refractivity contribution in [2.24, 2.45) is 11.8 Å². The van der Waals surface area contributed by atoms with E-state index < -0.39 is 5.92 Å². The average Bonchev–Trinajstić information content (AvgIpc) is 2.54. The number of hydrogen-bond donors (Lipinski definition) is 1. The molecule has 0 bridgehead atoms. The second kappa shape index (κ2) is 8.61.